The Morgan fingerprint density at radius 1 is 1.27 bits per heavy atom. The molecule has 1 atom stereocenters. The zero-order valence-corrected chi connectivity index (χ0v) is 13.6. The van der Waals surface area contributed by atoms with E-state index in [0.717, 1.165) is 5.56 Å². The Labute approximate surface area is 148 Å². The second-order valence-corrected chi connectivity index (χ2v) is 5.72. The highest BCUT2D eigenvalue weighted by atomic mass is 16.3. The molecule has 0 unspecified atom stereocenters. The van der Waals surface area contributed by atoms with Gasteiger partial charge in [0.05, 0.1) is 18.7 Å². The van der Waals surface area contributed by atoms with Gasteiger partial charge in [-0.3, -0.25) is 20.2 Å². The van der Waals surface area contributed by atoms with Crippen molar-refractivity contribution in [3.8, 4) is 0 Å². The molecule has 1 aromatic carbocycles. The third kappa shape index (κ3) is 3.25. The number of carbonyl (C=O) groups excluding carboxylic acids is 2. The lowest BCUT2D eigenvalue weighted by atomic mass is 10.0. The predicted octanol–water partition coefficient (Wildman–Crippen LogP) is 2.45. The van der Waals surface area contributed by atoms with Gasteiger partial charge < -0.3 is 4.42 Å². The molecule has 2 N–H and O–H groups in total. The summed E-state index contributed by atoms with van der Waals surface area (Å²) < 4.78 is 6.74. The molecule has 2 amide bonds. The number of anilines is 2. The average Bonchev–Trinajstić information content (AvgIpc) is 3.29. The van der Waals surface area contributed by atoms with Crippen LogP contribution in [0.25, 0.3) is 6.08 Å². The maximum Gasteiger partial charge on any atom is 0.250 e. The molecular weight excluding hydrogens is 334 g/mol. The largest absolute Gasteiger partial charge is 0.465 e. The summed E-state index contributed by atoms with van der Waals surface area (Å²) in [5.74, 6) is 0.451. The first-order chi connectivity index (χ1) is 12.7. The fourth-order valence-electron chi connectivity index (χ4n) is 2.75. The number of nitrogens with zero attached hydrogens (tertiary/aromatic N) is 3. The Hall–Kier alpha value is -3.68. The zero-order valence-electron chi connectivity index (χ0n) is 13.6. The molecule has 130 valence electrons. The number of nitrogens with one attached hydrogen (secondary N) is 2. The van der Waals surface area contributed by atoms with E-state index in [1.54, 1.807) is 22.9 Å². The molecule has 3 heterocycles. The summed E-state index contributed by atoms with van der Waals surface area (Å²) in [6, 6.07) is 12.8. The van der Waals surface area contributed by atoms with Crippen molar-refractivity contribution >= 4 is 29.8 Å². The molecule has 0 spiro atoms. The molecule has 4 rings (SSSR count). The molecule has 3 aromatic rings. The highest BCUT2D eigenvalue weighted by molar-refractivity contribution is 6.01. The maximum atomic E-state index is 12.0. The van der Waals surface area contributed by atoms with Gasteiger partial charge in [0.15, 0.2) is 0 Å². The number of hydrogen-bond donors (Lipinski definition) is 2. The van der Waals surface area contributed by atoms with Crippen molar-refractivity contribution in [1.82, 2.24) is 14.8 Å². The van der Waals surface area contributed by atoms with Gasteiger partial charge in [0, 0.05) is 6.08 Å². The van der Waals surface area contributed by atoms with E-state index in [4.69, 9.17) is 4.42 Å². The van der Waals surface area contributed by atoms with E-state index < -0.39 is 5.91 Å². The Morgan fingerprint density at radius 3 is 2.88 bits per heavy atom. The zero-order chi connectivity index (χ0) is 17.9. The first-order valence-corrected chi connectivity index (χ1v) is 8.03. The van der Waals surface area contributed by atoms with Gasteiger partial charge in [0.2, 0.25) is 11.9 Å². The van der Waals surface area contributed by atoms with E-state index >= 15 is 0 Å². The molecule has 26 heavy (non-hydrogen) atoms. The van der Waals surface area contributed by atoms with Crippen molar-refractivity contribution in [1.29, 1.82) is 0 Å². The molecule has 0 saturated heterocycles. The van der Waals surface area contributed by atoms with Crippen LogP contribution in [0, 0.1) is 0 Å². The van der Waals surface area contributed by atoms with E-state index in [0.29, 0.717) is 11.7 Å². The number of amides is 2. The standard InChI is InChI=1S/C18H15N5O3/c24-15(9-8-13-7-4-10-26-13)19-17-21-18-20-16(25)11-14(23(18)22-17)12-5-2-1-3-6-12/h1-10,14H,11H2,(H2,19,20,21,22,24,25)/b9-8+/t14-/m0/s1. The van der Waals surface area contributed by atoms with Crippen LogP contribution in [-0.4, -0.2) is 26.6 Å². The summed E-state index contributed by atoms with van der Waals surface area (Å²) in [6.07, 6.45) is 4.65. The van der Waals surface area contributed by atoms with Gasteiger partial charge in [0.1, 0.15) is 5.76 Å². The second-order valence-electron chi connectivity index (χ2n) is 5.72. The van der Waals surface area contributed by atoms with Gasteiger partial charge >= 0.3 is 0 Å². The lowest BCUT2D eigenvalue weighted by Gasteiger charge is -2.23. The van der Waals surface area contributed by atoms with Crippen LogP contribution >= 0.6 is 0 Å². The summed E-state index contributed by atoms with van der Waals surface area (Å²) in [5.41, 5.74) is 0.948. The van der Waals surface area contributed by atoms with Crippen molar-refractivity contribution in [2.45, 2.75) is 12.5 Å². The van der Waals surface area contributed by atoms with Crippen LogP contribution in [0.15, 0.2) is 59.2 Å². The topological polar surface area (TPSA) is 102 Å². The molecule has 0 fully saturated rings. The normalized spacial score (nSPS) is 16.3. The SMILES string of the molecule is O=C(/C=C/c1ccco1)Nc1nc2n(n1)[C@H](c1ccccc1)CC(=O)N2. The van der Waals surface area contributed by atoms with E-state index in [1.807, 2.05) is 30.3 Å². The molecule has 0 bridgehead atoms. The number of fused-ring (bicyclic) bond motifs is 1. The summed E-state index contributed by atoms with van der Waals surface area (Å²) >= 11 is 0. The van der Waals surface area contributed by atoms with E-state index in [-0.39, 0.29) is 24.3 Å². The van der Waals surface area contributed by atoms with Gasteiger partial charge in [-0.1, -0.05) is 30.3 Å². The van der Waals surface area contributed by atoms with Crippen LogP contribution in [0.2, 0.25) is 0 Å². The lowest BCUT2D eigenvalue weighted by Crippen LogP contribution is -2.29. The Morgan fingerprint density at radius 2 is 2.12 bits per heavy atom. The molecule has 0 aliphatic carbocycles. The minimum Gasteiger partial charge on any atom is -0.465 e. The molecule has 0 saturated carbocycles. The quantitative estimate of drug-likeness (QED) is 0.705. The number of furan rings is 1. The molecule has 8 heteroatoms. The van der Waals surface area contributed by atoms with E-state index in [2.05, 4.69) is 20.7 Å². The molecule has 1 aliphatic heterocycles. The molecule has 2 aromatic heterocycles. The minimum absolute atomic E-state index is 0.122. The number of carbonyl (C=O) groups is 2. The number of benzene rings is 1. The average molecular weight is 349 g/mol. The molecule has 1 aliphatic rings. The van der Waals surface area contributed by atoms with E-state index in [1.165, 1.54) is 12.3 Å². The molecule has 8 nitrogen and oxygen atoms in total. The monoisotopic (exact) mass is 349 g/mol. The summed E-state index contributed by atoms with van der Waals surface area (Å²) in [6.45, 7) is 0. The third-order valence-electron chi connectivity index (χ3n) is 3.92. The summed E-state index contributed by atoms with van der Waals surface area (Å²) in [5, 5.41) is 9.59. The van der Waals surface area contributed by atoms with Crippen LogP contribution in [0.3, 0.4) is 0 Å². The van der Waals surface area contributed by atoms with Gasteiger partial charge in [-0.15, -0.1) is 5.10 Å². The fraction of sp³-hybridized carbons (Fsp3) is 0.111. The van der Waals surface area contributed by atoms with Crippen molar-refractivity contribution in [3.05, 3.63) is 66.1 Å². The Balaban J connectivity index is 1.55. The van der Waals surface area contributed by atoms with Crippen molar-refractivity contribution < 1.29 is 14.0 Å². The number of rotatable bonds is 4. The smallest absolute Gasteiger partial charge is 0.250 e. The predicted molar refractivity (Wildman–Crippen MR) is 94.2 cm³/mol. The van der Waals surface area contributed by atoms with Crippen molar-refractivity contribution in [2.24, 2.45) is 0 Å². The van der Waals surface area contributed by atoms with Crippen LogP contribution < -0.4 is 10.6 Å². The van der Waals surface area contributed by atoms with Gasteiger partial charge in [0.25, 0.3) is 11.9 Å². The summed E-state index contributed by atoms with van der Waals surface area (Å²) in [4.78, 5) is 28.2. The van der Waals surface area contributed by atoms with Crippen LogP contribution in [0.4, 0.5) is 11.9 Å². The van der Waals surface area contributed by atoms with E-state index in [9.17, 15) is 9.59 Å². The van der Waals surface area contributed by atoms with Gasteiger partial charge in [-0.25, -0.2) is 4.68 Å². The summed E-state index contributed by atoms with van der Waals surface area (Å²) in [7, 11) is 0. The van der Waals surface area contributed by atoms with Crippen LogP contribution in [0.1, 0.15) is 23.8 Å². The first-order valence-electron chi connectivity index (χ1n) is 8.03. The van der Waals surface area contributed by atoms with Crippen LogP contribution in [0.5, 0.6) is 0 Å². The third-order valence-corrected chi connectivity index (χ3v) is 3.92. The number of hydrogen-bond acceptors (Lipinski definition) is 5. The first kappa shape index (κ1) is 15.8. The van der Waals surface area contributed by atoms with Gasteiger partial charge in [-0.05, 0) is 23.8 Å². The highest BCUT2D eigenvalue weighted by Gasteiger charge is 2.29. The second kappa shape index (κ2) is 6.67. The molecule has 0 radical (unpaired) electrons. The fourth-order valence-corrected chi connectivity index (χ4v) is 2.75. The van der Waals surface area contributed by atoms with Crippen molar-refractivity contribution in [2.75, 3.05) is 10.6 Å². The minimum atomic E-state index is -0.396. The van der Waals surface area contributed by atoms with Gasteiger partial charge in [-0.2, -0.15) is 4.98 Å². The molecular formula is C18H15N5O3. The number of aromatic nitrogens is 3. The van der Waals surface area contributed by atoms with Crippen LogP contribution in [-0.2, 0) is 9.59 Å². The highest BCUT2D eigenvalue weighted by Crippen LogP contribution is 2.29. The Kier molecular flexibility index (Phi) is 4.06. The van der Waals surface area contributed by atoms with Crippen molar-refractivity contribution in [3.63, 3.8) is 0 Å². The maximum absolute atomic E-state index is 12.0. The Bertz CT molecular complexity index is 960. The lowest BCUT2D eigenvalue weighted by molar-refractivity contribution is -0.117.